The zero-order valence-corrected chi connectivity index (χ0v) is 21.0. The minimum Gasteiger partial charge on any atom is -0.497 e. The molecular formula is C28H35FN2O4. The van der Waals surface area contributed by atoms with Crippen molar-refractivity contribution in [2.75, 3.05) is 33.4 Å². The van der Waals surface area contributed by atoms with Crippen LogP contribution in [0.1, 0.15) is 50.8 Å². The molecular weight excluding hydrogens is 447 g/mol. The van der Waals surface area contributed by atoms with Crippen molar-refractivity contribution in [3.05, 3.63) is 47.3 Å². The maximum atomic E-state index is 15.0. The van der Waals surface area contributed by atoms with Crippen molar-refractivity contribution in [3.63, 3.8) is 0 Å². The van der Waals surface area contributed by atoms with E-state index in [0.29, 0.717) is 35.2 Å². The Balaban J connectivity index is 1.42. The SMILES string of the molecule is CCOc1cc2c(cc1-c1ccc(OC)cc1F)CC(C)(C)[C@H]2OC(=O)N[C@@H]1CN2CCC1CC2. The van der Waals surface area contributed by atoms with Gasteiger partial charge in [0.25, 0.3) is 0 Å². The molecule has 0 aromatic heterocycles. The second-order valence-corrected chi connectivity index (χ2v) is 10.7. The maximum absolute atomic E-state index is 15.0. The summed E-state index contributed by atoms with van der Waals surface area (Å²) in [5, 5.41) is 3.15. The Bertz CT molecular complexity index is 1110. The molecule has 1 aliphatic carbocycles. The van der Waals surface area contributed by atoms with Crippen LogP contribution in [0.15, 0.2) is 30.3 Å². The summed E-state index contributed by atoms with van der Waals surface area (Å²) in [7, 11) is 1.52. The van der Waals surface area contributed by atoms with Crippen LogP contribution >= 0.6 is 0 Å². The van der Waals surface area contributed by atoms with Crippen LogP contribution < -0.4 is 14.8 Å². The third kappa shape index (κ3) is 4.58. The lowest BCUT2D eigenvalue weighted by atomic mass is 9.84. The summed E-state index contributed by atoms with van der Waals surface area (Å²) in [6.45, 7) is 9.70. The molecule has 0 radical (unpaired) electrons. The Labute approximate surface area is 206 Å². The first kappa shape index (κ1) is 23.9. The molecule has 6 nitrogen and oxygen atoms in total. The van der Waals surface area contributed by atoms with Crippen LogP contribution in [0.2, 0.25) is 0 Å². The van der Waals surface area contributed by atoms with E-state index in [9.17, 15) is 9.18 Å². The molecule has 2 bridgehead atoms. The fourth-order valence-electron chi connectivity index (χ4n) is 6.01. The van der Waals surface area contributed by atoms with Gasteiger partial charge < -0.3 is 24.4 Å². The molecule has 6 rings (SSSR count). The molecule has 3 saturated heterocycles. The fraction of sp³-hybridized carbons (Fsp3) is 0.536. The summed E-state index contributed by atoms with van der Waals surface area (Å²) in [6.07, 6.45) is 2.21. The topological polar surface area (TPSA) is 60.0 Å². The smallest absolute Gasteiger partial charge is 0.408 e. The highest BCUT2D eigenvalue weighted by molar-refractivity contribution is 5.74. The number of alkyl carbamates (subject to hydrolysis) is 1. The second kappa shape index (κ2) is 9.34. The number of rotatable bonds is 6. The van der Waals surface area contributed by atoms with Gasteiger partial charge in [0.05, 0.1) is 13.7 Å². The average molecular weight is 483 g/mol. The van der Waals surface area contributed by atoms with Crippen LogP contribution in [-0.4, -0.2) is 50.4 Å². The van der Waals surface area contributed by atoms with E-state index in [-0.39, 0.29) is 23.4 Å². The van der Waals surface area contributed by atoms with Gasteiger partial charge in [-0.05, 0) is 80.6 Å². The number of ether oxygens (including phenoxy) is 3. The molecule has 3 fully saturated rings. The first-order valence-corrected chi connectivity index (χ1v) is 12.6. The molecule has 3 heterocycles. The number of amides is 1. The summed E-state index contributed by atoms with van der Waals surface area (Å²) < 4.78 is 32.2. The van der Waals surface area contributed by atoms with Crippen molar-refractivity contribution >= 4 is 6.09 Å². The van der Waals surface area contributed by atoms with Gasteiger partial charge in [0.15, 0.2) is 0 Å². The molecule has 1 amide bonds. The van der Waals surface area contributed by atoms with Crippen LogP contribution in [0.3, 0.4) is 0 Å². The molecule has 188 valence electrons. The number of methoxy groups -OCH3 is 1. The molecule has 2 aromatic rings. The van der Waals surface area contributed by atoms with E-state index in [4.69, 9.17) is 14.2 Å². The number of benzene rings is 2. The standard InChI is InChI=1S/C28H35FN2O4/c1-5-34-25-14-21-18(12-22(25)20-7-6-19(33-4)13-23(20)29)15-28(2,3)26(21)35-27(32)30-24-16-31-10-8-17(24)9-11-31/h6-7,12-14,17,24,26H,5,8-11,15-16H2,1-4H3,(H,30,32)/t24-,26+/m1/s1. The summed E-state index contributed by atoms with van der Waals surface area (Å²) in [5.74, 6) is 1.21. The van der Waals surface area contributed by atoms with Gasteiger partial charge in [0.2, 0.25) is 0 Å². The minimum absolute atomic E-state index is 0.147. The number of halogens is 1. The van der Waals surface area contributed by atoms with Gasteiger partial charge in [0.1, 0.15) is 23.4 Å². The summed E-state index contributed by atoms with van der Waals surface area (Å²) in [5.41, 5.74) is 2.83. The Morgan fingerprint density at radius 3 is 2.57 bits per heavy atom. The van der Waals surface area contributed by atoms with E-state index in [1.165, 1.54) is 13.2 Å². The van der Waals surface area contributed by atoms with E-state index < -0.39 is 6.10 Å². The van der Waals surface area contributed by atoms with Crippen molar-refractivity contribution in [3.8, 4) is 22.6 Å². The molecule has 35 heavy (non-hydrogen) atoms. The van der Waals surface area contributed by atoms with Gasteiger partial charge in [-0.3, -0.25) is 0 Å². The van der Waals surface area contributed by atoms with Gasteiger partial charge in [-0.2, -0.15) is 0 Å². The fourth-order valence-corrected chi connectivity index (χ4v) is 6.01. The molecule has 2 atom stereocenters. The summed E-state index contributed by atoms with van der Waals surface area (Å²) in [6, 6.07) is 8.91. The number of fused-ring (bicyclic) bond motifs is 4. The summed E-state index contributed by atoms with van der Waals surface area (Å²) >= 11 is 0. The molecule has 4 aliphatic rings. The number of carbonyl (C=O) groups excluding carboxylic acids is 1. The van der Waals surface area contributed by atoms with Gasteiger partial charge in [-0.1, -0.05) is 13.8 Å². The van der Waals surface area contributed by atoms with Gasteiger partial charge in [-0.25, -0.2) is 9.18 Å². The van der Waals surface area contributed by atoms with Crippen LogP contribution in [-0.2, 0) is 11.2 Å². The highest BCUT2D eigenvalue weighted by atomic mass is 19.1. The van der Waals surface area contributed by atoms with E-state index in [2.05, 4.69) is 24.1 Å². The number of carbonyl (C=O) groups is 1. The molecule has 3 aliphatic heterocycles. The van der Waals surface area contributed by atoms with Crippen LogP contribution in [0.5, 0.6) is 11.5 Å². The number of nitrogens with one attached hydrogen (secondary N) is 1. The average Bonchev–Trinajstić information content (AvgIpc) is 3.08. The van der Waals surface area contributed by atoms with Crippen molar-refractivity contribution in [1.82, 2.24) is 10.2 Å². The Hall–Kier alpha value is -2.80. The molecule has 0 spiro atoms. The quantitative estimate of drug-likeness (QED) is 0.602. The highest BCUT2D eigenvalue weighted by Gasteiger charge is 2.43. The van der Waals surface area contributed by atoms with E-state index in [1.54, 1.807) is 12.1 Å². The first-order valence-electron chi connectivity index (χ1n) is 12.6. The summed E-state index contributed by atoms with van der Waals surface area (Å²) in [4.78, 5) is 15.4. The van der Waals surface area contributed by atoms with Gasteiger partial charge in [0, 0.05) is 35.2 Å². The second-order valence-electron chi connectivity index (χ2n) is 10.7. The van der Waals surface area contributed by atoms with E-state index in [0.717, 1.165) is 50.0 Å². The van der Waals surface area contributed by atoms with Crippen molar-refractivity contribution < 1.29 is 23.4 Å². The normalized spacial score (nSPS) is 26.2. The lowest BCUT2D eigenvalue weighted by molar-refractivity contribution is 0.0198. The molecule has 7 heteroatoms. The van der Waals surface area contributed by atoms with Crippen molar-refractivity contribution in [2.45, 2.75) is 52.2 Å². The maximum Gasteiger partial charge on any atom is 0.408 e. The third-order valence-electron chi connectivity index (χ3n) is 7.83. The first-order chi connectivity index (χ1) is 16.8. The minimum atomic E-state index is -0.410. The number of hydrogen-bond acceptors (Lipinski definition) is 5. The van der Waals surface area contributed by atoms with Crippen molar-refractivity contribution in [2.24, 2.45) is 11.3 Å². The number of piperidine rings is 3. The number of nitrogens with zero attached hydrogens (tertiary/aromatic N) is 1. The van der Waals surface area contributed by atoms with Crippen LogP contribution in [0, 0.1) is 17.2 Å². The van der Waals surface area contributed by atoms with Gasteiger partial charge in [-0.15, -0.1) is 0 Å². The molecule has 1 N–H and O–H groups in total. The Morgan fingerprint density at radius 2 is 1.94 bits per heavy atom. The largest absolute Gasteiger partial charge is 0.497 e. The predicted molar refractivity (Wildman–Crippen MR) is 132 cm³/mol. The lowest BCUT2D eigenvalue weighted by Gasteiger charge is -2.44. The third-order valence-corrected chi connectivity index (χ3v) is 7.83. The zero-order valence-electron chi connectivity index (χ0n) is 21.0. The Morgan fingerprint density at radius 1 is 1.17 bits per heavy atom. The lowest BCUT2D eigenvalue weighted by Crippen LogP contribution is -2.57. The van der Waals surface area contributed by atoms with Crippen molar-refractivity contribution in [1.29, 1.82) is 0 Å². The Kier molecular flexibility index (Phi) is 6.38. The number of hydrogen-bond donors (Lipinski definition) is 1. The molecule has 0 saturated carbocycles. The zero-order chi connectivity index (χ0) is 24.7. The molecule has 2 aromatic carbocycles. The molecule has 0 unspecified atom stereocenters. The monoisotopic (exact) mass is 482 g/mol. The van der Waals surface area contributed by atoms with Crippen LogP contribution in [0.4, 0.5) is 9.18 Å². The van der Waals surface area contributed by atoms with Crippen LogP contribution in [0.25, 0.3) is 11.1 Å². The highest BCUT2D eigenvalue weighted by Crippen LogP contribution is 2.51. The van der Waals surface area contributed by atoms with E-state index in [1.807, 2.05) is 19.1 Å². The van der Waals surface area contributed by atoms with E-state index >= 15 is 0 Å². The predicted octanol–water partition coefficient (Wildman–Crippen LogP) is 5.34. The van der Waals surface area contributed by atoms with Gasteiger partial charge >= 0.3 is 6.09 Å².